The van der Waals surface area contributed by atoms with E-state index in [1.807, 2.05) is 0 Å². The van der Waals surface area contributed by atoms with E-state index in [2.05, 4.69) is 0 Å². The molecular weight excluding hydrogens is 208 g/mol. The second-order valence-electron chi connectivity index (χ2n) is 2.14. The summed E-state index contributed by atoms with van der Waals surface area (Å²) in [6, 6.07) is -1.17. The molecule has 72 valence electrons. The lowest BCUT2D eigenvalue weighted by molar-refractivity contribution is -0.120. The van der Waals surface area contributed by atoms with Crippen molar-refractivity contribution in [2.45, 2.75) is 18.3 Å². The van der Waals surface area contributed by atoms with Crippen molar-refractivity contribution in [1.29, 1.82) is 0 Å². The SMILES string of the molecule is C[C@H](Cl)[C@H](N)C(=O)NS(=O)(=O)O. The molecule has 0 unspecified atom stereocenters. The van der Waals surface area contributed by atoms with Crippen molar-refractivity contribution < 1.29 is 17.8 Å². The van der Waals surface area contributed by atoms with Gasteiger partial charge in [0.25, 0.3) is 5.91 Å². The highest BCUT2D eigenvalue weighted by Crippen LogP contribution is 1.98. The number of rotatable bonds is 3. The van der Waals surface area contributed by atoms with Crippen molar-refractivity contribution in [3.63, 3.8) is 0 Å². The molecule has 0 spiro atoms. The Morgan fingerprint density at radius 3 is 2.33 bits per heavy atom. The van der Waals surface area contributed by atoms with Crippen LogP contribution in [0.5, 0.6) is 0 Å². The molecular formula is C4H9ClN2O4S. The molecule has 0 rings (SSSR count). The Morgan fingerprint density at radius 1 is 1.67 bits per heavy atom. The zero-order chi connectivity index (χ0) is 9.94. The second-order valence-corrected chi connectivity index (χ2v) is 3.99. The molecule has 0 aromatic rings. The first-order chi connectivity index (χ1) is 5.24. The standard InChI is InChI=1S/C4H9ClN2O4S/c1-2(5)3(6)4(8)7-12(9,10)11/h2-3H,6H2,1H3,(H,7,8)(H,9,10,11)/t2-,3-/m0/s1. The second kappa shape index (κ2) is 4.04. The Morgan fingerprint density at radius 2 is 2.08 bits per heavy atom. The van der Waals surface area contributed by atoms with Gasteiger partial charge in [0, 0.05) is 0 Å². The summed E-state index contributed by atoms with van der Waals surface area (Å²) in [7, 11) is -4.54. The molecule has 0 radical (unpaired) electrons. The largest absolute Gasteiger partial charge is 0.359 e. The summed E-state index contributed by atoms with van der Waals surface area (Å²) in [5.74, 6) is -1.04. The van der Waals surface area contributed by atoms with E-state index >= 15 is 0 Å². The average Bonchev–Trinajstić information content (AvgIpc) is 1.82. The van der Waals surface area contributed by atoms with Crippen LogP contribution < -0.4 is 10.5 Å². The van der Waals surface area contributed by atoms with Gasteiger partial charge < -0.3 is 5.73 Å². The van der Waals surface area contributed by atoms with Crippen molar-refractivity contribution in [3.05, 3.63) is 0 Å². The normalized spacial score (nSPS) is 16.7. The number of alkyl halides is 1. The van der Waals surface area contributed by atoms with Crippen molar-refractivity contribution in [2.24, 2.45) is 5.73 Å². The number of carbonyl (C=O) groups is 1. The van der Waals surface area contributed by atoms with Crippen LogP contribution in [0.15, 0.2) is 0 Å². The Hall–Kier alpha value is -0.370. The lowest BCUT2D eigenvalue weighted by atomic mass is 10.2. The topological polar surface area (TPSA) is 109 Å². The van der Waals surface area contributed by atoms with E-state index in [9.17, 15) is 13.2 Å². The zero-order valence-electron chi connectivity index (χ0n) is 6.19. The molecule has 2 atom stereocenters. The molecule has 0 heterocycles. The minimum absolute atomic E-state index is 0.716. The van der Waals surface area contributed by atoms with E-state index < -0.39 is 27.6 Å². The van der Waals surface area contributed by atoms with Crippen LogP contribution in [0.25, 0.3) is 0 Å². The molecule has 0 aromatic heterocycles. The van der Waals surface area contributed by atoms with E-state index in [1.54, 1.807) is 0 Å². The van der Waals surface area contributed by atoms with Gasteiger partial charge in [0.2, 0.25) is 0 Å². The van der Waals surface area contributed by atoms with Gasteiger partial charge in [0.1, 0.15) is 6.04 Å². The Kier molecular flexibility index (Phi) is 3.91. The summed E-state index contributed by atoms with van der Waals surface area (Å²) >= 11 is 5.39. The summed E-state index contributed by atoms with van der Waals surface area (Å²) in [6.45, 7) is 1.43. The van der Waals surface area contributed by atoms with Gasteiger partial charge in [0.15, 0.2) is 0 Å². The highest BCUT2D eigenvalue weighted by atomic mass is 35.5. The molecule has 0 aromatic carbocycles. The fourth-order valence-corrected chi connectivity index (χ4v) is 0.908. The molecule has 0 aliphatic heterocycles. The van der Waals surface area contributed by atoms with E-state index in [1.165, 1.54) is 11.6 Å². The van der Waals surface area contributed by atoms with Gasteiger partial charge in [0.05, 0.1) is 5.38 Å². The summed E-state index contributed by atoms with van der Waals surface area (Å²) in [6.07, 6.45) is 0. The van der Waals surface area contributed by atoms with Crippen molar-refractivity contribution in [1.82, 2.24) is 4.72 Å². The molecule has 0 aliphatic rings. The predicted octanol–water partition coefficient (Wildman–Crippen LogP) is -1.14. The number of hydrogen-bond donors (Lipinski definition) is 3. The molecule has 0 saturated heterocycles. The van der Waals surface area contributed by atoms with Gasteiger partial charge in [-0.05, 0) is 6.92 Å². The third-order valence-corrected chi connectivity index (χ3v) is 1.76. The summed E-state index contributed by atoms with van der Waals surface area (Å²) < 4.78 is 29.6. The lowest BCUT2D eigenvalue weighted by Gasteiger charge is -2.11. The maximum atomic E-state index is 10.7. The minimum Gasteiger partial charge on any atom is -0.319 e. The van der Waals surface area contributed by atoms with Crippen LogP contribution in [0.1, 0.15) is 6.92 Å². The van der Waals surface area contributed by atoms with Gasteiger partial charge >= 0.3 is 10.3 Å². The number of carbonyl (C=O) groups excluding carboxylic acids is 1. The fraction of sp³-hybridized carbons (Fsp3) is 0.750. The Balaban J connectivity index is 4.25. The molecule has 8 heteroatoms. The van der Waals surface area contributed by atoms with Crippen molar-refractivity contribution in [3.8, 4) is 0 Å². The summed E-state index contributed by atoms with van der Waals surface area (Å²) in [5, 5.41) is -0.716. The molecule has 1 amide bonds. The number of amides is 1. The minimum atomic E-state index is -4.54. The Bertz CT molecular complexity index is 262. The molecule has 0 bridgehead atoms. The highest BCUT2D eigenvalue weighted by Gasteiger charge is 2.22. The van der Waals surface area contributed by atoms with Crippen molar-refractivity contribution >= 4 is 27.8 Å². The van der Waals surface area contributed by atoms with Gasteiger partial charge in [-0.15, -0.1) is 11.6 Å². The van der Waals surface area contributed by atoms with Crippen LogP contribution in [0.4, 0.5) is 0 Å². The number of hydrogen-bond acceptors (Lipinski definition) is 4. The number of halogens is 1. The fourth-order valence-electron chi connectivity index (χ4n) is 0.404. The highest BCUT2D eigenvalue weighted by molar-refractivity contribution is 7.84. The lowest BCUT2D eigenvalue weighted by Crippen LogP contribution is -2.47. The maximum Gasteiger partial charge on any atom is 0.359 e. The maximum absolute atomic E-state index is 10.7. The van der Waals surface area contributed by atoms with Gasteiger partial charge in [-0.3, -0.25) is 9.35 Å². The third kappa shape index (κ3) is 4.50. The molecule has 0 aliphatic carbocycles. The van der Waals surface area contributed by atoms with E-state index in [4.69, 9.17) is 21.9 Å². The van der Waals surface area contributed by atoms with Gasteiger partial charge in [-0.2, -0.15) is 8.42 Å². The first kappa shape index (κ1) is 11.6. The molecule has 0 saturated carbocycles. The van der Waals surface area contributed by atoms with Gasteiger partial charge in [-0.25, -0.2) is 4.72 Å². The van der Waals surface area contributed by atoms with Crippen LogP contribution in [-0.4, -0.2) is 30.3 Å². The zero-order valence-corrected chi connectivity index (χ0v) is 7.76. The Labute approximate surface area is 75.0 Å². The first-order valence-electron chi connectivity index (χ1n) is 2.93. The number of nitrogens with two attached hydrogens (primary N) is 1. The molecule has 4 N–H and O–H groups in total. The monoisotopic (exact) mass is 216 g/mol. The predicted molar refractivity (Wildman–Crippen MR) is 43.0 cm³/mol. The summed E-state index contributed by atoms with van der Waals surface area (Å²) in [5.41, 5.74) is 5.15. The molecule has 12 heavy (non-hydrogen) atoms. The van der Waals surface area contributed by atoms with Gasteiger partial charge in [-0.1, -0.05) is 0 Å². The van der Waals surface area contributed by atoms with Crippen LogP contribution in [0.3, 0.4) is 0 Å². The van der Waals surface area contributed by atoms with Crippen LogP contribution in [0, 0.1) is 0 Å². The molecule has 6 nitrogen and oxygen atoms in total. The van der Waals surface area contributed by atoms with E-state index in [-0.39, 0.29) is 0 Å². The van der Waals surface area contributed by atoms with E-state index in [0.29, 0.717) is 0 Å². The van der Waals surface area contributed by atoms with Crippen LogP contribution >= 0.6 is 11.6 Å². The quantitative estimate of drug-likeness (QED) is 0.408. The molecule has 0 fully saturated rings. The smallest absolute Gasteiger partial charge is 0.319 e. The summed E-state index contributed by atoms with van der Waals surface area (Å²) in [4.78, 5) is 10.7. The van der Waals surface area contributed by atoms with Crippen LogP contribution in [-0.2, 0) is 15.1 Å². The third-order valence-electron chi connectivity index (χ3n) is 1.03. The number of nitrogens with one attached hydrogen (secondary N) is 1. The van der Waals surface area contributed by atoms with Crippen molar-refractivity contribution in [2.75, 3.05) is 0 Å². The van der Waals surface area contributed by atoms with E-state index in [0.717, 1.165) is 0 Å². The average molecular weight is 217 g/mol. The van der Waals surface area contributed by atoms with Crippen LogP contribution in [0.2, 0.25) is 0 Å². The first-order valence-corrected chi connectivity index (χ1v) is 4.80.